The van der Waals surface area contributed by atoms with Gasteiger partial charge >= 0.3 is 5.97 Å². The first-order chi connectivity index (χ1) is 12.6. The van der Waals surface area contributed by atoms with Crippen LogP contribution in [-0.2, 0) is 4.79 Å². The second-order valence-electron chi connectivity index (χ2n) is 6.96. The molecule has 1 fully saturated rings. The van der Waals surface area contributed by atoms with Gasteiger partial charge in [0.1, 0.15) is 0 Å². The van der Waals surface area contributed by atoms with Crippen molar-refractivity contribution in [1.29, 1.82) is 0 Å². The number of carbonyl (C=O) groups is 1. The highest BCUT2D eigenvalue weighted by molar-refractivity contribution is 5.72. The zero-order valence-electron chi connectivity index (χ0n) is 16.1. The van der Waals surface area contributed by atoms with Gasteiger partial charge in [-0.1, -0.05) is 32.3 Å². The first kappa shape index (κ1) is 20.2. The lowest BCUT2D eigenvalue weighted by Gasteiger charge is -2.20. The van der Waals surface area contributed by atoms with E-state index in [1.807, 2.05) is 18.2 Å². The summed E-state index contributed by atoms with van der Waals surface area (Å²) in [6.45, 7) is 3.83. The van der Waals surface area contributed by atoms with Crippen LogP contribution in [0.15, 0.2) is 18.2 Å². The third-order valence-corrected chi connectivity index (χ3v) is 4.95. The average molecular weight is 358 g/mol. The number of rotatable bonds is 8. The summed E-state index contributed by atoms with van der Waals surface area (Å²) in [4.78, 5) is 11.6. The molecule has 4 nitrogen and oxygen atoms in total. The monoisotopic (exact) mass is 358 g/mol. The topological polar surface area (TPSA) is 55.8 Å². The molecule has 1 aromatic rings. The van der Waals surface area contributed by atoms with Gasteiger partial charge < -0.3 is 14.6 Å². The Bertz CT molecular complexity index is 650. The highest BCUT2D eigenvalue weighted by Gasteiger charge is 2.25. The standard InChI is InChI=1S/C22H30O4/c1-4-5-6-7-12-19(16(2)22(23)24)17-13-14-20(25-3)21(15-17)26-18-10-8-9-11-18/h13-16,18-19H,4-6,8-11H2,1-3H3,(H,23,24). The Labute approximate surface area is 156 Å². The highest BCUT2D eigenvalue weighted by Crippen LogP contribution is 2.36. The van der Waals surface area contributed by atoms with E-state index in [9.17, 15) is 9.90 Å². The fraction of sp³-hybridized carbons (Fsp3) is 0.591. The average Bonchev–Trinajstić information content (AvgIpc) is 3.14. The van der Waals surface area contributed by atoms with Crippen molar-refractivity contribution < 1.29 is 19.4 Å². The number of hydrogen-bond donors (Lipinski definition) is 1. The van der Waals surface area contributed by atoms with Crippen molar-refractivity contribution in [2.75, 3.05) is 7.11 Å². The van der Waals surface area contributed by atoms with E-state index < -0.39 is 11.9 Å². The number of carboxylic acids is 1. The van der Waals surface area contributed by atoms with Crippen LogP contribution in [0.5, 0.6) is 11.5 Å². The zero-order chi connectivity index (χ0) is 18.9. The zero-order valence-corrected chi connectivity index (χ0v) is 16.1. The molecule has 142 valence electrons. The normalized spacial score (nSPS) is 16.4. The molecule has 1 saturated carbocycles. The minimum atomic E-state index is -0.839. The molecular formula is C22H30O4. The van der Waals surface area contributed by atoms with Gasteiger partial charge in [0.05, 0.1) is 25.0 Å². The van der Waals surface area contributed by atoms with E-state index in [0.717, 1.165) is 37.7 Å². The van der Waals surface area contributed by atoms with E-state index in [0.29, 0.717) is 11.5 Å². The molecule has 1 aliphatic rings. The predicted molar refractivity (Wildman–Crippen MR) is 103 cm³/mol. The fourth-order valence-electron chi connectivity index (χ4n) is 3.25. The molecule has 2 atom stereocenters. The Hall–Kier alpha value is -2.15. The maximum absolute atomic E-state index is 11.6. The summed E-state index contributed by atoms with van der Waals surface area (Å²) in [6, 6.07) is 5.67. The third-order valence-electron chi connectivity index (χ3n) is 4.95. The van der Waals surface area contributed by atoms with Crippen molar-refractivity contribution in [3.05, 3.63) is 23.8 Å². The molecule has 0 aromatic heterocycles. The van der Waals surface area contributed by atoms with Crippen LogP contribution >= 0.6 is 0 Å². The summed E-state index contributed by atoms with van der Waals surface area (Å²) in [5.41, 5.74) is 0.873. The van der Waals surface area contributed by atoms with Crippen LogP contribution in [0.4, 0.5) is 0 Å². The molecule has 1 N–H and O–H groups in total. The van der Waals surface area contributed by atoms with Crippen LogP contribution in [0.1, 0.15) is 70.3 Å². The minimum Gasteiger partial charge on any atom is -0.493 e. The maximum atomic E-state index is 11.6. The molecule has 0 aliphatic heterocycles. The Kier molecular flexibility index (Phi) is 7.84. The summed E-state index contributed by atoms with van der Waals surface area (Å²) in [6.07, 6.45) is 7.60. The molecule has 1 aliphatic carbocycles. The van der Waals surface area contributed by atoms with Crippen molar-refractivity contribution in [1.82, 2.24) is 0 Å². The van der Waals surface area contributed by atoms with Gasteiger partial charge in [0.2, 0.25) is 0 Å². The van der Waals surface area contributed by atoms with E-state index in [1.54, 1.807) is 14.0 Å². The summed E-state index contributed by atoms with van der Waals surface area (Å²) >= 11 is 0. The largest absolute Gasteiger partial charge is 0.493 e. The lowest BCUT2D eigenvalue weighted by molar-refractivity contribution is -0.141. The quantitative estimate of drug-likeness (QED) is 0.524. The molecule has 26 heavy (non-hydrogen) atoms. The lowest BCUT2D eigenvalue weighted by atomic mass is 9.87. The molecule has 0 saturated heterocycles. The predicted octanol–water partition coefficient (Wildman–Crippen LogP) is 5.01. The van der Waals surface area contributed by atoms with Gasteiger partial charge in [-0.05, 0) is 49.8 Å². The van der Waals surface area contributed by atoms with Gasteiger partial charge in [-0.25, -0.2) is 0 Å². The van der Waals surface area contributed by atoms with Gasteiger partial charge in [0.15, 0.2) is 11.5 Å². The second kappa shape index (κ2) is 10.1. The molecule has 0 amide bonds. The van der Waals surface area contributed by atoms with Crippen molar-refractivity contribution in [2.45, 2.75) is 70.8 Å². The number of benzene rings is 1. The van der Waals surface area contributed by atoms with Crippen LogP contribution in [0.2, 0.25) is 0 Å². The second-order valence-corrected chi connectivity index (χ2v) is 6.96. The Morgan fingerprint density at radius 3 is 2.65 bits per heavy atom. The summed E-state index contributed by atoms with van der Waals surface area (Å²) in [5, 5.41) is 9.49. The molecule has 1 aromatic carbocycles. The van der Waals surface area contributed by atoms with E-state index in [4.69, 9.17) is 9.47 Å². The number of unbranched alkanes of at least 4 members (excludes halogenated alkanes) is 2. The maximum Gasteiger partial charge on any atom is 0.307 e. The molecule has 0 bridgehead atoms. The van der Waals surface area contributed by atoms with Crippen LogP contribution in [0.3, 0.4) is 0 Å². The van der Waals surface area contributed by atoms with Gasteiger partial charge in [-0.2, -0.15) is 0 Å². The van der Waals surface area contributed by atoms with Crippen molar-refractivity contribution in [3.8, 4) is 23.3 Å². The first-order valence-corrected chi connectivity index (χ1v) is 9.62. The van der Waals surface area contributed by atoms with E-state index >= 15 is 0 Å². The van der Waals surface area contributed by atoms with Crippen LogP contribution in [0.25, 0.3) is 0 Å². The number of aliphatic carboxylic acids is 1. The molecular weight excluding hydrogens is 328 g/mol. The van der Waals surface area contributed by atoms with Gasteiger partial charge in [0.25, 0.3) is 0 Å². The van der Waals surface area contributed by atoms with Crippen molar-refractivity contribution >= 4 is 5.97 Å². The Balaban J connectivity index is 2.29. The minimum absolute atomic E-state index is 0.213. The van der Waals surface area contributed by atoms with Crippen molar-refractivity contribution in [2.24, 2.45) is 5.92 Å². The van der Waals surface area contributed by atoms with Crippen LogP contribution < -0.4 is 9.47 Å². The molecule has 2 rings (SSSR count). The fourth-order valence-corrected chi connectivity index (χ4v) is 3.25. The molecule has 4 heteroatoms. The summed E-state index contributed by atoms with van der Waals surface area (Å²) in [5.74, 6) is 5.93. The molecule has 2 unspecified atom stereocenters. The van der Waals surface area contributed by atoms with Crippen molar-refractivity contribution in [3.63, 3.8) is 0 Å². The highest BCUT2D eigenvalue weighted by atomic mass is 16.5. The number of carboxylic acid groups (broad SMARTS) is 1. The number of ether oxygens (including phenoxy) is 2. The SMILES string of the molecule is CCCCC#CC(c1ccc(OC)c(OC2CCCC2)c1)C(C)C(=O)O. The summed E-state index contributed by atoms with van der Waals surface area (Å²) < 4.78 is 11.6. The van der Waals surface area contributed by atoms with Gasteiger partial charge in [0, 0.05) is 6.42 Å². The molecule has 0 heterocycles. The van der Waals surface area contributed by atoms with E-state index in [1.165, 1.54) is 12.8 Å². The smallest absolute Gasteiger partial charge is 0.307 e. The molecule has 0 radical (unpaired) electrons. The third kappa shape index (κ3) is 5.42. The summed E-state index contributed by atoms with van der Waals surface area (Å²) in [7, 11) is 1.62. The van der Waals surface area contributed by atoms with E-state index in [2.05, 4.69) is 18.8 Å². The first-order valence-electron chi connectivity index (χ1n) is 9.62. The Morgan fingerprint density at radius 2 is 2.04 bits per heavy atom. The lowest BCUT2D eigenvalue weighted by Crippen LogP contribution is -2.18. The molecule has 0 spiro atoms. The van der Waals surface area contributed by atoms with Crippen LogP contribution in [-0.4, -0.2) is 24.3 Å². The van der Waals surface area contributed by atoms with Crippen LogP contribution in [0, 0.1) is 17.8 Å². The van der Waals surface area contributed by atoms with Gasteiger partial charge in [-0.15, -0.1) is 5.92 Å². The number of hydrogen-bond acceptors (Lipinski definition) is 3. The van der Waals surface area contributed by atoms with E-state index in [-0.39, 0.29) is 12.0 Å². The Morgan fingerprint density at radius 1 is 1.31 bits per heavy atom. The van der Waals surface area contributed by atoms with Gasteiger partial charge in [-0.3, -0.25) is 4.79 Å². The number of methoxy groups -OCH3 is 1.